The Balaban J connectivity index is 2.57. The zero-order valence-corrected chi connectivity index (χ0v) is 12.8. The van der Waals surface area contributed by atoms with Crippen molar-refractivity contribution in [1.82, 2.24) is 4.90 Å². The highest BCUT2D eigenvalue weighted by Gasteiger charge is 2.37. The lowest BCUT2D eigenvalue weighted by Gasteiger charge is -2.38. The fraction of sp³-hybridized carbons (Fsp3) is 0.867. The number of hydrogen-bond donors (Lipinski definition) is 0. The van der Waals surface area contributed by atoms with Gasteiger partial charge in [-0.3, -0.25) is 0 Å². The lowest BCUT2D eigenvalue weighted by molar-refractivity contribution is 0.0134. The van der Waals surface area contributed by atoms with Crippen molar-refractivity contribution in [1.29, 1.82) is 5.26 Å². The third-order valence-electron chi connectivity index (χ3n) is 3.41. The van der Waals surface area contributed by atoms with Crippen LogP contribution in [0.15, 0.2) is 0 Å². The van der Waals surface area contributed by atoms with E-state index < -0.39 is 5.60 Å². The summed E-state index contributed by atoms with van der Waals surface area (Å²) in [4.78, 5) is 13.7. The molecule has 4 heteroatoms. The van der Waals surface area contributed by atoms with Gasteiger partial charge in [0, 0.05) is 13.1 Å². The number of piperidine rings is 1. The zero-order chi connectivity index (χ0) is 14.7. The fourth-order valence-corrected chi connectivity index (χ4v) is 2.59. The van der Waals surface area contributed by atoms with Gasteiger partial charge in [0.1, 0.15) is 5.60 Å². The van der Waals surface area contributed by atoms with Crippen molar-refractivity contribution in [3.63, 3.8) is 0 Å². The summed E-state index contributed by atoms with van der Waals surface area (Å²) in [7, 11) is 0. The molecule has 19 heavy (non-hydrogen) atoms. The van der Waals surface area contributed by atoms with Crippen molar-refractivity contribution in [3.05, 3.63) is 0 Å². The van der Waals surface area contributed by atoms with E-state index >= 15 is 0 Å². The van der Waals surface area contributed by atoms with Gasteiger partial charge >= 0.3 is 6.09 Å². The number of likely N-dealkylation sites (tertiary alicyclic amines) is 1. The molecule has 0 radical (unpaired) electrons. The number of carbonyl (C=O) groups is 1. The number of nitrogens with zero attached hydrogens (tertiary/aromatic N) is 2. The minimum atomic E-state index is -0.460. The number of hydrogen-bond acceptors (Lipinski definition) is 3. The maximum atomic E-state index is 12.0. The maximum Gasteiger partial charge on any atom is 0.410 e. The molecule has 0 aromatic heterocycles. The second-order valence-corrected chi connectivity index (χ2v) is 6.96. The predicted octanol–water partition coefficient (Wildman–Crippen LogP) is 3.57. The quantitative estimate of drug-likeness (QED) is 0.767. The van der Waals surface area contributed by atoms with Crippen molar-refractivity contribution in [2.24, 2.45) is 11.3 Å². The molecule has 1 aliphatic rings. The van der Waals surface area contributed by atoms with E-state index in [4.69, 9.17) is 4.74 Å². The van der Waals surface area contributed by atoms with Crippen LogP contribution in [0, 0.1) is 22.7 Å². The van der Waals surface area contributed by atoms with Crippen LogP contribution in [0.1, 0.15) is 53.9 Å². The van der Waals surface area contributed by atoms with E-state index in [-0.39, 0.29) is 11.5 Å². The molecule has 1 fully saturated rings. The van der Waals surface area contributed by atoms with Gasteiger partial charge in [-0.15, -0.1) is 0 Å². The number of nitriles is 1. The van der Waals surface area contributed by atoms with Gasteiger partial charge in [-0.25, -0.2) is 4.79 Å². The summed E-state index contributed by atoms with van der Waals surface area (Å²) in [5.41, 5.74) is -0.717. The standard InChI is InChI=1S/C15H26N2O2/c1-12(2)10-15(11-16)6-8-17(9-7-15)13(18)19-14(3,4)5/h12H,6-10H2,1-5H3. The van der Waals surface area contributed by atoms with Crippen LogP contribution in [-0.2, 0) is 4.74 Å². The van der Waals surface area contributed by atoms with E-state index in [2.05, 4.69) is 19.9 Å². The number of amides is 1. The van der Waals surface area contributed by atoms with Crippen LogP contribution in [-0.4, -0.2) is 29.7 Å². The van der Waals surface area contributed by atoms with Crippen molar-refractivity contribution < 1.29 is 9.53 Å². The molecule has 1 amide bonds. The van der Waals surface area contributed by atoms with Crippen LogP contribution in [0.4, 0.5) is 4.79 Å². The molecular weight excluding hydrogens is 240 g/mol. The number of rotatable bonds is 2. The highest BCUT2D eigenvalue weighted by molar-refractivity contribution is 5.68. The Labute approximate surface area is 116 Å². The summed E-state index contributed by atoms with van der Waals surface area (Å²) in [5, 5.41) is 9.42. The molecule has 4 nitrogen and oxygen atoms in total. The topological polar surface area (TPSA) is 53.3 Å². The van der Waals surface area contributed by atoms with Gasteiger partial charge < -0.3 is 9.64 Å². The van der Waals surface area contributed by atoms with E-state index in [0.29, 0.717) is 19.0 Å². The molecule has 0 atom stereocenters. The molecule has 1 heterocycles. The predicted molar refractivity (Wildman–Crippen MR) is 74.5 cm³/mol. The third-order valence-corrected chi connectivity index (χ3v) is 3.41. The Morgan fingerprint density at radius 1 is 1.37 bits per heavy atom. The molecular formula is C15H26N2O2. The molecule has 0 spiro atoms. The van der Waals surface area contributed by atoms with Crippen LogP contribution in [0.2, 0.25) is 0 Å². The maximum absolute atomic E-state index is 12.0. The van der Waals surface area contributed by atoms with Gasteiger partial charge in [-0.05, 0) is 46.0 Å². The summed E-state index contributed by atoms with van der Waals surface area (Å²) < 4.78 is 5.36. The second kappa shape index (κ2) is 5.81. The molecule has 1 saturated heterocycles. The fourth-order valence-electron chi connectivity index (χ4n) is 2.59. The van der Waals surface area contributed by atoms with Crippen LogP contribution in [0.5, 0.6) is 0 Å². The van der Waals surface area contributed by atoms with Crippen LogP contribution >= 0.6 is 0 Å². The van der Waals surface area contributed by atoms with E-state index in [1.807, 2.05) is 20.8 Å². The summed E-state index contributed by atoms with van der Waals surface area (Å²) in [6.45, 7) is 11.1. The van der Waals surface area contributed by atoms with Gasteiger partial charge in [0.15, 0.2) is 0 Å². The number of carbonyl (C=O) groups excluding carboxylic acids is 1. The smallest absolute Gasteiger partial charge is 0.410 e. The normalized spacial score (nSPS) is 19.1. The lowest BCUT2D eigenvalue weighted by Crippen LogP contribution is -2.45. The summed E-state index contributed by atoms with van der Waals surface area (Å²) in [6, 6.07) is 2.48. The Kier molecular flexibility index (Phi) is 4.84. The molecule has 0 aliphatic carbocycles. The molecule has 0 aromatic carbocycles. The van der Waals surface area contributed by atoms with E-state index in [1.165, 1.54) is 0 Å². The molecule has 0 unspecified atom stereocenters. The van der Waals surface area contributed by atoms with Gasteiger partial charge in [0.25, 0.3) is 0 Å². The molecule has 0 N–H and O–H groups in total. The SMILES string of the molecule is CC(C)CC1(C#N)CCN(C(=O)OC(C)(C)C)CC1. The van der Waals surface area contributed by atoms with Gasteiger partial charge in [0.05, 0.1) is 11.5 Å². The third kappa shape index (κ3) is 4.74. The molecule has 1 aliphatic heterocycles. The van der Waals surface area contributed by atoms with Crippen molar-refractivity contribution >= 4 is 6.09 Å². The highest BCUT2D eigenvalue weighted by atomic mass is 16.6. The minimum absolute atomic E-state index is 0.257. The molecule has 0 saturated carbocycles. The monoisotopic (exact) mass is 266 g/mol. The number of ether oxygens (including phenoxy) is 1. The van der Waals surface area contributed by atoms with Crippen molar-refractivity contribution in [3.8, 4) is 6.07 Å². The molecule has 0 bridgehead atoms. The van der Waals surface area contributed by atoms with E-state index in [1.54, 1.807) is 4.90 Å². The van der Waals surface area contributed by atoms with Gasteiger partial charge in [-0.2, -0.15) is 5.26 Å². The average molecular weight is 266 g/mol. The van der Waals surface area contributed by atoms with Gasteiger partial charge in [0.2, 0.25) is 0 Å². The second-order valence-electron chi connectivity index (χ2n) is 6.96. The largest absolute Gasteiger partial charge is 0.444 e. The highest BCUT2D eigenvalue weighted by Crippen LogP contribution is 2.37. The zero-order valence-electron chi connectivity index (χ0n) is 12.8. The summed E-state index contributed by atoms with van der Waals surface area (Å²) in [5.74, 6) is 0.507. The first-order valence-electron chi connectivity index (χ1n) is 7.07. The van der Waals surface area contributed by atoms with Crippen molar-refractivity contribution in [2.45, 2.75) is 59.5 Å². The summed E-state index contributed by atoms with van der Waals surface area (Å²) in [6.07, 6.45) is 2.15. The van der Waals surface area contributed by atoms with Crippen LogP contribution in [0.3, 0.4) is 0 Å². The molecule has 1 rings (SSSR count). The first-order valence-corrected chi connectivity index (χ1v) is 7.07. The van der Waals surface area contributed by atoms with E-state index in [0.717, 1.165) is 19.3 Å². The lowest BCUT2D eigenvalue weighted by atomic mass is 9.74. The molecule has 108 valence electrons. The van der Waals surface area contributed by atoms with Crippen LogP contribution in [0.25, 0.3) is 0 Å². The summed E-state index contributed by atoms with van der Waals surface area (Å²) >= 11 is 0. The van der Waals surface area contributed by atoms with Gasteiger partial charge in [-0.1, -0.05) is 13.8 Å². The van der Waals surface area contributed by atoms with E-state index in [9.17, 15) is 10.1 Å². The molecule has 0 aromatic rings. The first-order chi connectivity index (χ1) is 8.67. The Morgan fingerprint density at radius 2 is 1.89 bits per heavy atom. The Hall–Kier alpha value is -1.24. The average Bonchev–Trinajstić information content (AvgIpc) is 2.26. The van der Waals surface area contributed by atoms with Crippen molar-refractivity contribution in [2.75, 3.05) is 13.1 Å². The van der Waals surface area contributed by atoms with Crippen LogP contribution < -0.4 is 0 Å². The minimum Gasteiger partial charge on any atom is -0.444 e. The Bertz CT molecular complexity index is 355. The first kappa shape index (κ1) is 15.8. The Morgan fingerprint density at radius 3 is 2.26 bits per heavy atom.